The molecule has 3 rings (SSSR count). The van der Waals surface area contributed by atoms with E-state index in [9.17, 15) is 30.6 Å². The first kappa shape index (κ1) is 18.2. The van der Waals surface area contributed by atoms with Gasteiger partial charge in [-0.1, -0.05) is 0 Å². The van der Waals surface area contributed by atoms with Crippen molar-refractivity contribution >= 4 is 12.6 Å². The van der Waals surface area contributed by atoms with Crippen LogP contribution in [-0.2, 0) is 4.74 Å². The Morgan fingerprint density at radius 3 is 2.46 bits per heavy atom. The molecule has 0 radical (unpaired) electrons. The maximum atomic E-state index is 12.8. The summed E-state index contributed by atoms with van der Waals surface area (Å²) < 4.78 is 11.3. The molecular formula is C16H13N3O6S. The summed E-state index contributed by atoms with van der Waals surface area (Å²) >= 11 is 4.21. The molecule has 0 saturated carbocycles. The van der Waals surface area contributed by atoms with Crippen molar-refractivity contribution in [2.45, 2.75) is 29.6 Å². The second kappa shape index (κ2) is 6.96. The Kier molecular flexibility index (Phi) is 4.87. The Balaban J connectivity index is 2.28. The maximum Gasteiger partial charge on any atom is 0.272 e. The van der Waals surface area contributed by atoms with Gasteiger partial charge in [-0.05, 0) is 12.1 Å². The Labute approximate surface area is 152 Å². The Hall–Kier alpha value is -2.60. The van der Waals surface area contributed by atoms with E-state index in [1.54, 1.807) is 6.07 Å². The normalized spacial score (nSPS) is 25.5. The average molecular weight is 375 g/mol. The maximum absolute atomic E-state index is 12.8. The Bertz CT molecular complexity index is 972. The zero-order valence-corrected chi connectivity index (χ0v) is 14.0. The van der Waals surface area contributed by atoms with E-state index in [1.165, 1.54) is 18.4 Å². The fourth-order valence-electron chi connectivity index (χ4n) is 2.81. The molecule has 0 aromatic carbocycles. The Morgan fingerprint density at radius 2 is 1.88 bits per heavy atom. The molecule has 0 spiro atoms. The molecule has 10 heteroatoms. The fourth-order valence-corrected chi connectivity index (χ4v) is 3.18. The van der Waals surface area contributed by atoms with Gasteiger partial charge >= 0.3 is 0 Å². The van der Waals surface area contributed by atoms with Gasteiger partial charge in [0.1, 0.15) is 41.8 Å². The van der Waals surface area contributed by atoms with E-state index in [0.29, 0.717) is 0 Å². The monoisotopic (exact) mass is 375 g/mol. The van der Waals surface area contributed by atoms with Crippen molar-refractivity contribution < 1.29 is 24.5 Å². The lowest BCUT2D eigenvalue weighted by Crippen LogP contribution is -2.52. The number of ether oxygens (including phenoxy) is 1. The fraction of sp³-hybridized carbons (Fsp3) is 0.312. The van der Waals surface area contributed by atoms with E-state index in [4.69, 9.17) is 9.15 Å². The molecule has 0 bridgehead atoms. The quantitative estimate of drug-likeness (QED) is 0.524. The molecule has 0 aliphatic carbocycles. The summed E-state index contributed by atoms with van der Waals surface area (Å²) in [7, 11) is 0. The average Bonchev–Trinajstić information content (AvgIpc) is 3.15. The van der Waals surface area contributed by atoms with Crippen LogP contribution in [0.4, 0.5) is 0 Å². The minimum Gasteiger partial charge on any atom is -0.464 e. The van der Waals surface area contributed by atoms with Crippen molar-refractivity contribution in [2.75, 3.05) is 6.61 Å². The van der Waals surface area contributed by atoms with Crippen LogP contribution in [0.5, 0.6) is 0 Å². The van der Waals surface area contributed by atoms with Crippen LogP contribution in [-0.4, -0.2) is 44.8 Å². The molecule has 0 amide bonds. The molecule has 1 aliphatic heterocycles. The number of hydrogen-bond donors (Lipinski definition) is 4. The standard InChI is InChI=1S/C16H13N3O6S/c17-4-7-11(10-2-1-3-24-10)8(5-18)16(26)19(14(7)23)15-13(22)12(21)9(20)6-25-15/h1-3,9,12-13,15,20-22,26H,6H2. The molecule has 3 heterocycles. The van der Waals surface area contributed by atoms with Crippen LogP contribution < -0.4 is 5.56 Å². The summed E-state index contributed by atoms with van der Waals surface area (Å²) in [5.74, 6) is 0.137. The molecule has 1 saturated heterocycles. The minimum atomic E-state index is -1.67. The van der Waals surface area contributed by atoms with E-state index in [2.05, 4.69) is 12.6 Å². The summed E-state index contributed by atoms with van der Waals surface area (Å²) in [4.78, 5) is 12.8. The molecule has 26 heavy (non-hydrogen) atoms. The molecule has 4 unspecified atom stereocenters. The number of furan rings is 1. The van der Waals surface area contributed by atoms with Gasteiger partial charge in [0.25, 0.3) is 5.56 Å². The highest BCUT2D eigenvalue weighted by Crippen LogP contribution is 2.33. The second-order valence-corrected chi connectivity index (χ2v) is 6.02. The molecule has 4 atom stereocenters. The molecule has 2 aromatic rings. The molecule has 134 valence electrons. The summed E-state index contributed by atoms with van der Waals surface area (Å²) in [5.41, 5.74) is -1.42. The van der Waals surface area contributed by atoms with E-state index < -0.39 is 35.7 Å². The van der Waals surface area contributed by atoms with Crippen molar-refractivity contribution in [1.29, 1.82) is 10.5 Å². The molecule has 3 N–H and O–H groups in total. The highest BCUT2D eigenvalue weighted by molar-refractivity contribution is 7.80. The lowest BCUT2D eigenvalue weighted by molar-refractivity contribution is -0.213. The van der Waals surface area contributed by atoms with Gasteiger partial charge in [0.2, 0.25) is 0 Å². The van der Waals surface area contributed by atoms with Crippen LogP contribution in [0.15, 0.2) is 32.6 Å². The number of pyridine rings is 1. The zero-order chi connectivity index (χ0) is 19.0. The first-order valence-electron chi connectivity index (χ1n) is 7.43. The second-order valence-electron chi connectivity index (χ2n) is 5.60. The van der Waals surface area contributed by atoms with Crippen molar-refractivity contribution in [1.82, 2.24) is 4.57 Å². The number of aliphatic hydroxyl groups excluding tert-OH is 3. The number of nitrogens with zero attached hydrogens (tertiary/aromatic N) is 3. The summed E-state index contributed by atoms with van der Waals surface area (Å²) in [6.45, 7) is -0.355. The molecule has 2 aromatic heterocycles. The largest absolute Gasteiger partial charge is 0.464 e. The number of thiol groups is 1. The highest BCUT2D eigenvalue weighted by Gasteiger charge is 2.40. The smallest absolute Gasteiger partial charge is 0.272 e. The van der Waals surface area contributed by atoms with Gasteiger partial charge in [-0.15, -0.1) is 12.6 Å². The van der Waals surface area contributed by atoms with Crippen molar-refractivity contribution in [3.05, 3.63) is 39.9 Å². The third-order valence-corrected chi connectivity index (χ3v) is 4.54. The van der Waals surface area contributed by atoms with Crippen molar-refractivity contribution in [2.24, 2.45) is 0 Å². The number of hydrogen-bond acceptors (Lipinski definition) is 9. The number of nitriles is 2. The van der Waals surface area contributed by atoms with Gasteiger partial charge in [0.05, 0.1) is 29.0 Å². The lowest BCUT2D eigenvalue weighted by Gasteiger charge is -2.36. The van der Waals surface area contributed by atoms with E-state index >= 15 is 0 Å². The van der Waals surface area contributed by atoms with Gasteiger partial charge < -0.3 is 24.5 Å². The van der Waals surface area contributed by atoms with Gasteiger partial charge in [-0.3, -0.25) is 9.36 Å². The van der Waals surface area contributed by atoms with E-state index in [0.717, 1.165) is 4.57 Å². The summed E-state index contributed by atoms with van der Waals surface area (Å²) in [5, 5.41) is 48.4. The van der Waals surface area contributed by atoms with Gasteiger partial charge in [-0.2, -0.15) is 10.5 Å². The molecule has 1 fully saturated rings. The van der Waals surface area contributed by atoms with Crippen LogP contribution in [0.2, 0.25) is 0 Å². The van der Waals surface area contributed by atoms with Crippen molar-refractivity contribution in [3.8, 4) is 23.5 Å². The van der Waals surface area contributed by atoms with Gasteiger partial charge in [0.15, 0.2) is 6.23 Å². The zero-order valence-electron chi connectivity index (χ0n) is 13.1. The van der Waals surface area contributed by atoms with Crippen LogP contribution in [0.25, 0.3) is 11.3 Å². The molecule has 9 nitrogen and oxygen atoms in total. The highest BCUT2D eigenvalue weighted by atomic mass is 32.1. The van der Waals surface area contributed by atoms with Crippen molar-refractivity contribution in [3.63, 3.8) is 0 Å². The number of rotatable bonds is 2. The topological polar surface area (TPSA) is 153 Å². The van der Waals surface area contributed by atoms with E-state index in [1.807, 2.05) is 6.07 Å². The van der Waals surface area contributed by atoms with Gasteiger partial charge in [-0.25, -0.2) is 0 Å². The van der Waals surface area contributed by atoms with E-state index in [-0.39, 0.29) is 28.5 Å². The van der Waals surface area contributed by atoms with Crippen LogP contribution in [0.3, 0.4) is 0 Å². The Morgan fingerprint density at radius 1 is 1.19 bits per heavy atom. The molecule has 1 aliphatic rings. The third kappa shape index (κ3) is 2.70. The number of aromatic nitrogens is 1. The first-order valence-corrected chi connectivity index (χ1v) is 7.88. The summed E-state index contributed by atoms with van der Waals surface area (Å²) in [6.07, 6.45) is -4.69. The number of aliphatic hydroxyl groups is 3. The van der Waals surface area contributed by atoms with Gasteiger partial charge in [0, 0.05) is 0 Å². The van der Waals surface area contributed by atoms with Crippen LogP contribution in [0.1, 0.15) is 17.4 Å². The lowest BCUT2D eigenvalue weighted by atomic mass is 10.0. The minimum absolute atomic E-state index is 0.0165. The SMILES string of the molecule is N#Cc1c(-c2ccco2)c(C#N)c(=O)n(C2OCC(O)C(O)C2O)c1S. The van der Waals surface area contributed by atoms with Crippen LogP contribution >= 0.6 is 12.6 Å². The predicted octanol–water partition coefficient (Wildman–Crippen LogP) is -0.248. The van der Waals surface area contributed by atoms with Crippen LogP contribution in [0, 0.1) is 22.7 Å². The summed E-state index contributed by atoms with van der Waals surface area (Å²) in [6, 6.07) is 6.63. The third-order valence-electron chi connectivity index (χ3n) is 4.10. The first-order chi connectivity index (χ1) is 12.4. The molecular weight excluding hydrogens is 362 g/mol. The predicted molar refractivity (Wildman–Crippen MR) is 88.1 cm³/mol.